The molecule has 0 aromatic carbocycles. The SMILES string of the molecule is COC1(C23CNCC(C2)C3)CC1. The van der Waals surface area contributed by atoms with Gasteiger partial charge in [0.1, 0.15) is 0 Å². The van der Waals surface area contributed by atoms with Gasteiger partial charge in [0.15, 0.2) is 0 Å². The van der Waals surface area contributed by atoms with Crippen molar-refractivity contribution in [2.24, 2.45) is 11.3 Å². The molecule has 0 aromatic rings. The van der Waals surface area contributed by atoms with E-state index in [0.717, 1.165) is 5.92 Å². The molecule has 2 saturated heterocycles. The molecule has 2 heteroatoms. The van der Waals surface area contributed by atoms with E-state index in [1.54, 1.807) is 0 Å². The van der Waals surface area contributed by atoms with E-state index in [9.17, 15) is 0 Å². The third kappa shape index (κ3) is 0.686. The lowest BCUT2D eigenvalue weighted by atomic mass is 9.55. The Labute approximate surface area is 73.7 Å². The minimum atomic E-state index is 0.302. The smallest absolute Gasteiger partial charge is 0.0749 e. The standard InChI is InChI=1S/C10H17NO/c1-12-10(2-3-10)9-4-8(5-9)6-11-7-9/h8,11H,2-7H2,1H3. The first-order valence-electron chi connectivity index (χ1n) is 5.06. The number of piperidine rings is 2. The molecule has 1 N–H and O–H groups in total. The van der Waals surface area contributed by atoms with Gasteiger partial charge in [-0.2, -0.15) is 0 Å². The summed E-state index contributed by atoms with van der Waals surface area (Å²) in [6, 6.07) is 0. The van der Waals surface area contributed by atoms with Crippen molar-refractivity contribution in [3.8, 4) is 0 Å². The molecule has 0 amide bonds. The minimum absolute atomic E-state index is 0.302. The molecule has 0 aromatic heterocycles. The Bertz CT molecular complexity index is 198. The summed E-state index contributed by atoms with van der Waals surface area (Å²) in [5.41, 5.74) is 0.849. The van der Waals surface area contributed by atoms with Crippen LogP contribution < -0.4 is 5.32 Å². The Morgan fingerprint density at radius 3 is 2.50 bits per heavy atom. The van der Waals surface area contributed by atoms with Crippen LogP contribution in [0.3, 0.4) is 0 Å². The molecule has 0 radical (unpaired) electrons. The fourth-order valence-electron chi connectivity index (χ4n) is 3.45. The molecule has 68 valence electrons. The number of hydrogen-bond acceptors (Lipinski definition) is 2. The number of nitrogens with one attached hydrogen (secondary N) is 1. The monoisotopic (exact) mass is 167 g/mol. The van der Waals surface area contributed by atoms with E-state index < -0.39 is 0 Å². The highest BCUT2D eigenvalue weighted by atomic mass is 16.5. The lowest BCUT2D eigenvalue weighted by Crippen LogP contribution is -2.61. The molecule has 4 rings (SSSR count). The van der Waals surface area contributed by atoms with Gasteiger partial charge in [0.2, 0.25) is 0 Å². The highest BCUT2D eigenvalue weighted by molar-refractivity contribution is 5.18. The molecule has 2 bridgehead atoms. The fourth-order valence-corrected chi connectivity index (χ4v) is 3.45. The predicted molar refractivity (Wildman–Crippen MR) is 47.0 cm³/mol. The van der Waals surface area contributed by atoms with Gasteiger partial charge in [-0.15, -0.1) is 0 Å². The molecule has 2 heterocycles. The zero-order valence-electron chi connectivity index (χ0n) is 7.73. The van der Waals surface area contributed by atoms with Crippen molar-refractivity contribution in [1.29, 1.82) is 0 Å². The first kappa shape index (κ1) is 7.34. The molecule has 12 heavy (non-hydrogen) atoms. The van der Waals surface area contributed by atoms with Crippen LogP contribution in [-0.2, 0) is 4.74 Å². The second-order valence-electron chi connectivity index (χ2n) is 4.88. The van der Waals surface area contributed by atoms with Gasteiger partial charge in [0, 0.05) is 19.1 Å². The van der Waals surface area contributed by atoms with Gasteiger partial charge in [-0.25, -0.2) is 0 Å². The summed E-state index contributed by atoms with van der Waals surface area (Å²) in [4.78, 5) is 0. The number of methoxy groups -OCH3 is 1. The molecule has 0 spiro atoms. The van der Waals surface area contributed by atoms with Gasteiger partial charge >= 0.3 is 0 Å². The van der Waals surface area contributed by atoms with Gasteiger partial charge in [0.25, 0.3) is 0 Å². The van der Waals surface area contributed by atoms with E-state index in [-0.39, 0.29) is 0 Å². The highest BCUT2D eigenvalue weighted by Crippen LogP contribution is 2.64. The van der Waals surface area contributed by atoms with E-state index in [4.69, 9.17) is 4.74 Å². The van der Waals surface area contributed by atoms with Crippen molar-refractivity contribution >= 4 is 0 Å². The molecule has 0 atom stereocenters. The molecule has 0 unspecified atom stereocenters. The molecule has 2 aliphatic heterocycles. The maximum absolute atomic E-state index is 5.69. The Hall–Kier alpha value is -0.0800. The summed E-state index contributed by atoms with van der Waals surface area (Å²) in [6.45, 7) is 2.46. The van der Waals surface area contributed by atoms with Crippen LogP contribution in [0.25, 0.3) is 0 Å². The zero-order chi connectivity index (χ0) is 8.23. The Balaban J connectivity index is 1.83. The molecular formula is C10H17NO. The number of fused-ring (bicyclic) bond motifs is 2. The summed E-state index contributed by atoms with van der Waals surface area (Å²) in [5, 5.41) is 3.53. The van der Waals surface area contributed by atoms with Crippen molar-refractivity contribution in [3.05, 3.63) is 0 Å². The average Bonchev–Trinajstić information content (AvgIpc) is 2.84. The van der Waals surface area contributed by atoms with Gasteiger partial charge in [-0.3, -0.25) is 0 Å². The maximum atomic E-state index is 5.69. The van der Waals surface area contributed by atoms with E-state index >= 15 is 0 Å². The Kier molecular flexibility index (Phi) is 1.25. The van der Waals surface area contributed by atoms with Crippen molar-refractivity contribution in [3.63, 3.8) is 0 Å². The maximum Gasteiger partial charge on any atom is 0.0749 e. The van der Waals surface area contributed by atoms with Gasteiger partial charge in [0.05, 0.1) is 5.60 Å². The highest BCUT2D eigenvalue weighted by Gasteiger charge is 2.65. The van der Waals surface area contributed by atoms with Crippen LogP contribution in [0.4, 0.5) is 0 Å². The average molecular weight is 167 g/mol. The van der Waals surface area contributed by atoms with E-state index in [1.807, 2.05) is 7.11 Å². The first-order chi connectivity index (χ1) is 5.80. The van der Waals surface area contributed by atoms with E-state index in [1.165, 1.54) is 38.8 Å². The normalized spacial score (nSPS) is 48.2. The van der Waals surface area contributed by atoms with Gasteiger partial charge < -0.3 is 10.1 Å². The van der Waals surface area contributed by atoms with E-state index in [2.05, 4.69) is 5.32 Å². The Morgan fingerprint density at radius 1 is 1.33 bits per heavy atom. The van der Waals surface area contributed by atoms with Gasteiger partial charge in [-0.1, -0.05) is 0 Å². The van der Waals surface area contributed by atoms with Gasteiger partial charge in [-0.05, 0) is 38.1 Å². The number of hydrogen-bond donors (Lipinski definition) is 1. The van der Waals surface area contributed by atoms with Crippen LogP contribution in [0, 0.1) is 11.3 Å². The van der Waals surface area contributed by atoms with Crippen LogP contribution in [0.5, 0.6) is 0 Å². The number of rotatable bonds is 2. The lowest BCUT2D eigenvalue weighted by molar-refractivity contribution is -0.125. The molecule has 2 nitrogen and oxygen atoms in total. The van der Waals surface area contributed by atoms with Crippen molar-refractivity contribution in [1.82, 2.24) is 5.32 Å². The zero-order valence-corrected chi connectivity index (χ0v) is 7.73. The third-order valence-corrected chi connectivity index (χ3v) is 4.32. The molecular weight excluding hydrogens is 150 g/mol. The van der Waals surface area contributed by atoms with Crippen molar-refractivity contribution in [2.45, 2.75) is 31.3 Å². The van der Waals surface area contributed by atoms with Crippen LogP contribution in [0.15, 0.2) is 0 Å². The summed E-state index contributed by atoms with van der Waals surface area (Å²) in [7, 11) is 1.89. The van der Waals surface area contributed by atoms with Crippen LogP contribution in [0.2, 0.25) is 0 Å². The molecule has 4 fully saturated rings. The van der Waals surface area contributed by atoms with Crippen molar-refractivity contribution in [2.75, 3.05) is 20.2 Å². The summed E-state index contributed by atoms with van der Waals surface area (Å²) in [6.07, 6.45) is 5.46. The third-order valence-electron chi connectivity index (χ3n) is 4.32. The second kappa shape index (κ2) is 2.05. The summed E-state index contributed by atoms with van der Waals surface area (Å²) < 4.78 is 5.69. The van der Waals surface area contributed by atoms with E-state index in [0.29, 0.717) is 11.0 Å². The minimum Gasteiger partial charge on any atom is -0.378 e. The first-order valence-corrected chi connectivity index (χ1v) is 5.06. The quantitative estimate of drug-likeness (QED) is 0.666. The fraction of sp³-hybridized carbons (Fsp3) is 1.00. The second-order valence-corrected chi connectivity index (χ2v) is 4.88. The van der Waals surface area contributed by atoms with Crippen LogP contribution in [-0.4, -0.2) is 25.8 Å². The molecule has 2 aliphatic carbocycles. The lowest BCUT2D eigenvalue weighted by Gasteiger charge is -2.56. The number of ether oxygens (including phenoxy) is 1. The van der Waals surface area contributed by atoms with Crippen molar-refractivity contribution < 1.29 is 4.74 Å². The molecule has 4 aliphatic rings. The topological polar surface area (TPSA) is 21.3 Å². The molecule has 2 saturated carbocycles. The van der Waals surface area contributed by atoms with Crippen LogP contribution in [0.1, 0.15) is 25.7 Å². The Morgan fingerprint density at radius 2 is 2.08 bits per heavy atom. The predicted octanol–water partition coefficient (Wildman–Crippen LogP) is 1.16. The largest absolute Gasteiger partial charge is 0.378 e. The summed E-state index contributed by atoms with van der Waals surface area (Å²) >= 11 is 0. The summed E-state index contributed by atoms with van der Waals surface area (Å²) in [5.74, 6) is 0.964. The van der Waals surface area contributed by atoms with Crippen LogP contribution >= 0.6 is 0 Å².